The molecular weight excluding hydrogens is 284 g/mol. The molecule has 0 radical (unpaired) electrons. The van der Waals surface area contributed by atoms with Crippen LogP contribution in [0, 0.1) is 13.8 Å². The van der Waals surface area contributed by atoms with E-state index in [1.54, 1.807) is 6.07 Å². The zero-order valence-electron chi connectivity index (χ0n) is 10.8. The Morgan fingerprint density at radius 3 is 2.79 bits per heavy atom. The molecule has 0 saturated heterocycles. The summed E-state index contributed by atoms with van der Waals surface area (Å²) in [6, 6.07) is 5.64. The molecule has 1 aromatic carbocycles. The summed E-state index contributed by atoms with van der Waals surface area (Å²) in [5, 5.41) is 4.39. The van der Waals surface area contributed by atoms with Crippen molar-refractivity contribution in [3.05, 3.63) is 39.4 Å². The molecule has 6 heteroatoms. The van der Waals surface area contributed by atoms with Crippen molar-refractivity contribution in [2.75, 3.05) is 12.4 Å². The number of thiazole rings is 1. The predicted octanol–water partition coefficient (Wildman–Crippen LogP) is 3.94. The highest BCUT2D eigenvalue weighted by Crippen LogP contribution is 2.31. The Kier molecular flexibility index (Phi) is 4.07. The van der Waals surface area contributed by atoms with Crippen LogP contribution >= 0.6 is 22.9 Å². The summed E-state index contributed by atoms with van der Waals surface area (Å²) < 4.78 is 4.68. The highest BCUT2D eigenvalue weighted by atomic mass is 35.5. The average Bonchev–Trinajstić information content (AvgIpc) is 2.74. The number of benzene rings is 1. The van der Waals surface area contributed by atoms with Crippen LogP contribution in [0.4, 0.5) is 10.8 Å². The molecule has 19 heavy (non-hydrogen) atoms. The fourth-order valence-electron chi connectivity index (χ4n) is 1.63. The van der Waals surface area contributed by atoms with Crippen LogP contribution in [-0.4, -0.2) is 18.1 Å². The number of aromatic nitrogens is 1. The maximum atomic E-state index is 11.5. The van der Waals surface area contributed by atoms with Crippen molar-refractivity contribution in [2.45, 2.75) is 13.8 Å². The fraction of sp³-hybridized carbons (Fsp3) is 0.231. The van der Waals surface area contributed by atoms with Gasteiger partial charge in [-0.25, -0.2) is 9.78 Å². The van der Waals surface area contributed by atoms with E-state index in [0.717, 1.165) is 16.1 Å². The van der Waals surface area contributed by atoms with Gasteiger partial charge in [-0.3, -0.25) is 0 Å². The number of carbonyl (C=O) groups excluding carboxylic acids is 1. The van der Waals surface area contributed by atoms with E-state index in [0.29, 0.717) is 15.8 Å². The highest BCUT2D eigenvalue weighted by molar-refractivity contribution is 7.15. The molecule has 0 unspecified atom stereocenters. The quantitative estimate of drug-likeness (QED) is 0.872. The van der Waals surface area contributed by atoms with E-state index < -0.39 is 5.97 Å². The molecule has 0 spiro atoms. The van der Waals surface area contributed by atoms with Crippen LogP contribution < -0.4 is 5.32 Å². The molecule has 0 amide bonds. The lowest BCUT2D eigenvalue weighted by Gasteiger charge is -2.08. The molecule has 100 valence electrons. The molecule has 0 fully saturated rings. The molecule has 1 heterocycles. The maximum Gasteiger partial charge on any atom is 0.357 e. The minimum Gasteiger partial charge on any atom is -0.464 e. The van der Waals surface area contributed by atoms with Gasteiger partial charge in [0.25, 0.3) is 0 Å². The number of methoxy groups -OCH3 is 1. The summed E-state index contributed by atoms with van der Waals surface area (Å²) in [5.41, 5.74) is 2.15. The predicted molar refractivity (Wildman–Crippen MR) is 77.7 cm³/mol. The largest absolute Gasteiger partial charge is 0.464 e. The van der Waals surface area contributed by atoms with Crippen molar-refractivity contribution in [3.63, 3.8) is 0 Å². The van der Waals surface area contributed by atoms with Crippen LogP contribution in [0.5, 0.6) is 0 Å². The average molecular weight is 297 g/mol. The van der Waals surface area contributed by atoms with Crippen LogP contribution in [0.25, 0.3) is 0 Å². The van der Waals surface area contributed by atoms with Crippen LogP contribution in [0.2, 0.25) is 5.02 Å². The van der Waals surface area contributed by atoms with Gasteiger partial charge in [-0.2, -0.15) is 0 Å². The van der Waals surface area contributed by atoms with E-state index in [9.17, 15) is 4.79 Å². The number of ether oxygens (including phenoxy) is 1. The van der Waals surface area contributed by atoms with Gasteiger partial charge in [-0.05, 0) is 25.5 Å². The number of esters is 1. The van der Waals surface area contributed by atoms with Gasteiger partial charge in [-0.15, -0.1) is 11.3 Å². The van der Waals surface area contributed by atoms with E-state index >= 15 is 0 Å². The molecule has 0 aliphatic carbocycles. The van der Waals surface area contributed by atoms with E-state index in [1.165, 1.54) is 18.4 Å². The smallest absolute Gasteiger partial charge is 0.357 e. The minimum atomic E-state index is -0.433. The molecule has 2 rings (SSSR count). The zero-order valence-corrected chi connectivity index (χ0v) is 12.4. The standard InChI is InChI=1S/C13H13ClN2O2S/c1-7-5-4-6-9(14)10(7)15-13-16-11(8(2)19-13)12(17)18-3/h4-6H,1-3H3,(H,15,16). The molecule has 0 atom stereocenters. The van der Waals surface area contributed by atoms with E-state index in [4.69, 9.17) is 11.6 Å². The molecule has 0 aliphatic rings. The first kappa shape index (κ1) is 13.8. The lowest BCUT2D eigenvalue weighted by molar-refractivity contribution is 0.0594. The molecular formula is C13H13ClN2O2S. The van der Waals surface area contributed by atoms with Crippen LogP contribution in [0.15, 0.2) is 18.2 Å². The number of nitrogens with one attached hydrogen (secondary N) is 1. The number of carbonyl (C=O) groups is 1. The number of nitrogens with zero attached hydrogens (tertiary/aromatic N) is 1. The summed E-state index contributed by atoms with van der Waals surface area (Å²) in [7, 11) is 1.34. The third kappa shape index (κ3) is 2.88. The number of rotatable bonds is 3. The highest BCUT2D eigenvalue weighted by Gasteiger charge is 2.16. The van der Waals surface area contributed by atoms with Gasteiger partial charge in [-0.1, -0.05) is 23.7 Å². The Balaban J connectivity index is 2.32. The van der Waals surface area contributed by atoms with Crippen LogP contribution in [0.3, 0.4) is 0 Å². The number of anilines is 2. The Bertz CT molecular complexity index is 605. The summed E-state index contributed by atoms with van der Waals surface area (Å²) in [6.45, 7) is 3.78. The van der Waals surface area contributed by atoms with Gasteiger partial charge >= 0.3 is 5.97 Å². The summed E-state index contributed by atoms with van der Waals surface area (Å²) in [4.78, 5) is 16.5. The van der Waals surface area contributed by atoms with Crippen molar-refractivity contribution in [1.29, 1.82) is 0 Å². The first-order valence-corrected chi connectivity index (χ1v) is 6.80. The van der Waals surface area contributed by atoms with Gasteiger partial charge in [0, 0.05) is 4.88 Å². The van der Waals surface area contributed by atoms with Crippen molar-refractivity contribution < 1.29 is 9.53 Å². The molecule has 0 aliphatic heterocycles. The minimum absolute atomic E-state index is 0.333. The monoisotopic (exact) mass is 296 g/mol. The van der Waals surface area contributed by atoms with Crippen molar-refractivity contribution >= 4 is 39.7 Å². The van der Waals surface area contributed by atoms with Crippen molar-refractivity contribution in [3.8, 4) is 0 Å². The third-order valence-electron chi connectivity index (χ3n) is 2.63. The molecule has 2 aromatic rings. The lowest BCUT2D eigenvalue weighted by Crippen LogP contribution is -2.03. The van der Waals surface area contributed by atoms with Crippen molar-refractivity contribution in [2.24, 2.45) is 0 Å². The molecule has 4 nitrogen and oxygen atoms in total. The van der Waals surface area contributed by atoms with Crippen molar-refractivity contribution in [1.82, 2.24) is 4.98 Å². The van der Waals surface area contributed by atoms with Gasteiger partial charge in [0.15, 0.2) is 10.8 Å². The number of hydrogen-bond acceptors (Lipinski definition) is 5. The molecule has 0 saturated carbocycles. The van der Waals surface area contributed by atoms with Gasteiger partial charge in [0.05, 0.1) is 17.8 Å². The van der Waals surface area contributed by atoms with Crippen LogP contribution in [0.1, 0.15) is 20.9 Å². The Labute approximate surface area is 120 Å². The van der Waals surface area contributed by atoms with Gasteiger partial charge < -0.3 is 10.1 Å². The number of hydrogen-bond donors (Lipinski definition) is 1. The first-order chi connectivity index (χ1) is 9.02. The zero-order chi connectivity index (χ0) is 14.0. The maximum absolute atomic E-state index is 11.5. The van der Waals surface area contributed by atoms with Gasteiger partial charge in [0.1, 0.15) is 0 Å². The first-order valence-electron chi connectivity index (χ1n) is 5.60. The van der Waals surface area contributed by atoms with E-state index in [1.807, 2.05) is 26.0 Å². The lowest BCUT2D eigenvalue weighted by atomic mass is 10.2. The van der Waals surface area contributed by atoms with E-state index in [-0.39, 0.29) is 0 Å². The van der Waals surface area contributed by atoms with E-state index in [2.05, 4.69) is 15.0 Å². The normalized spacial score (nSPS) is 10.3. The fourth-order valence-corrected chi connectivity index (χ4v) is 2.71. The second-order valence-corrected chi connectivity index (χ2v) is 5.58. The summed E-state index contributed by atoms with van der Waals surface area (Å²) in [6.07, 6.45) is 0. The second kappa shape index (κ2) is 5.59. The van der Waals surface area contributed by atoms with Gasteiger partial charge in [0.2, 0.25) is 0 Å². The van der Waals surface area contributed by atoms with Crippen LogP contribution in [-0.2, 0) is 4.74 Å². The molecule has 1 aromatic heterocycles. The second-order valence-electron chi connectivity index (χ2n) is 3.97. The number of para-hydroxylation sites is 1. The summed E-state index contributed by atoms with van der Waals surface area (Å²) in [5.74, 6) is -0.433. The Morgan fingerprint density at radius 1 is 1.42 bits per heavy atom. The Morgan fingerprint density at radius 2 is 2.16 bits per heavy atom. The molecule has 1 N–H and O–H groups in total. The number of halogens is 1. The third-order valence-corrected chi connectivity index (χ3v) is 3.83. The Hall–Kier alpha value is -1.59. The number of aryl methyl sites for hydroxylation is 2. The topological polar surface area (TPSA) is 51.2 Å². The summed E-state index contributed by atoms with van der Waals surface area (Å²) >= 11 is 7.53. The molecule has 0 bridgehead atoms. The SMILES string of the molecule is COC(=O)c1nc(Nc2c(C)cccc2Cl)sc1C.